The van der Waals surface area contributed by atoms with Gasteiger partial charge in [-0.15, -0.1) is 0 Å². The monoisotopic (exact) mass is 417 g/mol. The number of benzene rings is 2. The van der Waals surface area contributed by atoms with Gasteiger partial charge in [-0.2, -0.15) is 0 Å². The van der Waals surface area contributed by atoms with E-state index < -0.39 is 10.0 Å². The number of sulfonamides is 1. The average molecular weight is 418 g/mol. The SMILES string of the molecule is CC(C)C(=O)Nc1nc2cc(NS(=O)(=O)c3ccc(C(C)C)cc3)ccc2s1. The first kappa shape index (κ1) is 20.3. The molecule has 0 fully saturated rings. The van der Waals surface area contributed by atoms with E-state index in [0.717, 1.165) is 10.3 Å². The number of nitrogens with one attached hydrogen (secondary N) is 2. The highest BCUT2D eigenvalue weighted by Gasteiger charge is 2.16. The number of hydrogen-bond donors (Lipinski definition) is 2. The van der Waals surface area contributed by atoms with Crippen LogP contribution in [0.2, 0.25) is 0 Å². The van der Waals surface area contributed by atoms with Crippen LogP contribution in [-0.2, 0) is 14.8 Å². The fourth-order valence-electron chi connectivity index (χ4n) is 2.54. The van der Waals surface area contributed by atoms with Crippen molar-refractivity contribution in [1.29, 1.82) is 0 Å². The average Bonchev–Trinajstić information content (AvgIpc) is 3.02. The van der Waals surface area contributed by atoms with Crippen molar-refractivity contribution in [3.05, 3.63) is 48.0 Å². The summed E-state index contributed by atoms with van der Waals surface area (Å²) in [5.74, 6) is 0.0865. The molecule has 3 rings (SSSR count). The molecule has 1 aromatic heterocycles. The fraction of sp³-hybridized carbons (Fsp3) is 0.300. The van der Waals surface area contributed by atoms with Crippen LogP contribution in [0.3, 0.4) is 0 Å². The quantitative estimate of drug-likeness (QED) is 0.602. The highest BCUT2D eigenvalue weighted by Crippen LogP contribution is 2.29. The lowest BCUT2D eigenvalue weighted by atomic mass is 10.0. The molecule has 2 N–H and O–H groups in total. The van der Waals surface area contributed by atoms with Gasteiger partial charge in [0, 0.05) is 5.92 Å². The van der Waals surface area contributed by atoms with E-state index in [4.69, 9.17) is 0 Å². The number of amides is 1. The second-order valence-corrected chi connectivity index (χ2v) is 9.89. The van der Waals surface area contributed by atoms with E-state index in [1.807, 2.05) is 26.0 Å². The van der Waals surface area contributed by atoms with Crippen molar-refractivity contribution in [3.8, 4) is 0 Å². The summed E-state index contributed by atoms with van der Waals surface area (Å²) >= 11 is 1.35. The topological polar surface area (TPSA) is 88.2 Å². The van der Waals surface area contributed by atoms with Gasteiger partial charge in [0.2, 0.25) is 5.91 Å². The Kier molecular flexibility index (Phi) is 5.71. The highest BCUT2D eigenvalue weighted by atomic mass is 32.2. The van der Waals surface area contributed by atoms with Crippen molar-refractivity contribution in [2.24, 2.45) is 5.92 Å². The second-order valence-electron chi connectivity index (χ2n) is 7.17. The molecule has 0 saturated heterocycles. The Morgan fingerprint density at radius 1 is 1.04 bits per heavy atom. The molecule has 1 heterocycles. The molecular formula is C20H23N3O3S2. The lowest BCUT2D eigenvalue weighted by molar-refractivity contribution is -0.118. The number of fused-ring (bicyclic) bond motifs is 1. The molecule has 0 bridgehead atoms. The molecule has 1 amide bonds. The molecule has 2 aromatic carbocycles. The van der Waals surface area contributed by atoms with E-state index >= 15 is 0 Å². The normalized spacial score (nSPS) is 11.9. The Morgan fingerprint density at radius 3 is 2.32 bits per heavy atom. The minimum absolute atomic E-state index is 0.107. The first-order valence-electron chi connectivity index (χ1n) is 9.00. The summed E-state index contributed by atoms with van der Waals surface area (Å²) in [7, 11) is -3.69. The third-order valence-electron chi connectivity index (χ3n) is 4.25. The van der Waals surface area contributed by atoms with Gasteiger partial charge in [-0.25, -0.2) is 13.4 Å². The summed E-state index contributed by atoms with van der Waals surface area (Å²) in [5, 5.41) is 3.27. The summed E-state index contributed by atoms with van der Waals surface area (Å²) in [6, 6.07) is 12.0. The van der Waals surface area contributed by atoms with Gasteiger partial charge in [-0.3, -0.25) is 9.52 Å². The van der Waals surface area contributed by atoms with Crippen molar-refractivity contribution >= 4 is 48.3 Å². The maximum absolute atomic E-state index is 12.7. The summed E-state index contributed by atoms with van der Waals surface area (Å²) in [6.07, 6.45) is 0. The first-order valence-corrected chi connectivity index (χ1v) is 11.3. The second kappa shape index (κ2) is 7.89. The largest absolute Gasteiger partial charge is 0.302 e. The molecule has 0 aliphatic heterocycles. The number of rotatable bonds is 6. The smallest absolute Gasteiger partial charge is 0.261 e. The molecular weight excluding hydrogens is 394 g/mol. The first-order chi connectivity index (χ1) is 13.2. The molecule has 0 aliphatic carbocycles. The minimum atomic E-state index is -3.69. The summed E-state index contributed by atoms with van der Waals surface area (Å²) in [4.78, 5) is 16.4. The van der Waals surface area contributed by atoms with E-state index in [1.165, 1.54) is 11.3 Å². The molecule has 8 heteroatoms. The van der Waals surface area contributed by atoms with Gasteiger partial charge in [0.15, 0.2) is 5.13 Å². The number of hydrogen-bond acceptors (Lipinski definition) is 5. The van der Waals surface area contributed by atoms with Gasteiger partial charge in [-0.05, 0) is 41.8 Å². The van der Waals surface area contributed by atoms with Crippen LogP contribution in [0, 0.1) is 5.92 Å². The van der Waals surface area contributed by atoms with Gasteiger partial charge in [0.05, 0.1) is 20.8 Å². The third-order valence-corrected chi connectivity index (χ3v) is 6.60. The highest BCUT2D eigenvalue weighted by molar-refractivity contribution is 7.92. The number of nitrogens with zero attached hydrogens (tertiary/aromatic N) is 1. The summed E-state index contributed by atoms with van der Waals surface area (Å²) < 4.78 is 28.8. The fourth-order valence-corrected chi connectivity index (χ4v) is 4.44. The van der Waals surface area contributed by atoms with Gasteiger partial charge < -0.3 is 5.32 Å². The summed E-state index contributed by atoms with van der Waals surface area (Å²) in [5.41, 5.74) is 2.13. The molecule has 0 aliphatic rings. The Hall–Kier alpha value is -2.45. The molecule has 0 radical (unpaired) electrons. The lowest BCUT2D eigenvalue weighted by Crippen LogP contribution is -2.17. The van der Waals surface area contributed by atoms with Gasteiger partial charge in [0.25, 0.3) is 10.0 Å². The molecule has 3 aromatic rings. The Morgan fingerprint density at radius 2 is 1.71 bits per heavy atom. The predicted octanol–water partition coefficient (Wildman–Crippen LogP) is 4.82. The van der Waals surface area contributed by atoms with Crippen LogP contribution in [0.4, 0.5) is 10.8 Å². The van der Waals surface area contributed by atoms with Crippen LogP contribution in [0.1, 0.15) is 39.2 Å². The standard InChI is InChI=1S/C20H23N3O3S2/c1-12(2)14-5-8-16(9-6-14)28(25,26)23-15-7-10-18-17(11-15)21-20(27-18)22-19(24)13(3)4/h5-13,23H,1-4H3,(H,21,22,24). The number of aromatic nitrogens is 1. The van der Waals surface area contributed by atoms with Crippen LogP contribution in [0.25, 0.3) is 10.2 Å². The van der Waals surface area contributed by atoms with Crippen molar-refractivity contribution in [3.63, 3.8) is 0 Å². The van der Waals surface area contributed by atoms with E-state index in [9.17, 15) is 13.2 Å². The van der Waals surface area contributed by atoms with Crippen LogP contribution >= 0.6 is 11.3 Å². The van der Waals surface area contributed by atoms with E-state index in [-0.39, 0.29) is 16.7 Å². The minimum Gasteiger partial charge on any atom is -0.302 e. The molecule has 0 atom stereocenters. The Balaban J connectivity index is 1.82. The van der Waals surface area contributed by atoms with E-state index in [2.05, 4.69) is 28.9 Å². The van der Waals surface area contributed by atoms with Crippen molar-refractivity contribution in [2.75, 3.05) is 10.0 Å². The number of carbonyl (C=O) groups is 1. The maximum Gasteiger partial charge on any atom is 0.261 e. The zero-order valence-electron chi connectivity index (χ0n) is 16.2. The predicted molar refractivity (Wildman–Crippen MR) is 114 cm³/mol. The Bertz CT molecular complexity index is 1100. The molecule has 28 heavy (non-hydrogen) atoms. The van der Waals surface area contributed by atoms with Crippen LogP contribution < -0.4 is 10.0 Å². The molecule has 0 spiro atoms. The number of anilines is 2. The molecule has 0 saturated carbocycles. The molecule has 148 valence electrons. The van der Waals surface area contributed by atoms with Gasteiger partial charge in [-0.1, -0.05) is 51.2 Å². The lowest BCUT2D eigenvalue weighted by Gasteiger charge is -2.10. The number of thiazole rings is 1. The van der Waals surface area contributed by atoms with Crippen LogP contribution in [0.5, 0.6) is 0 Å². The van der Waals surface area contributed by atoms with Crippen LogP contribution in [0.15, 0.2) is 47.4 Å². The number of carbonyl (C=O) groups excluding carboxylic acids is 1. The zero-order valence-corrected chi connectivity index (χ0v) is 17.8. The summed E-state index contributed by atoms with van der Waals surface area (Å²) in [6.45, 7) is 7.73. The van der Waals surface area contributed by atoms with E-state index in [1.54, 1.807) is 30.3 Å². The van der Waals surface area contributed by atoms with E-state index in [0.29, 0.717) is 22.3 Å². The van der Waals surface area contributed by atoms with Crippen molar-refractivity contribution < 1.29 is 13.2 Å². The van der Waals surface area contributed by atoms with Gasteiger partial charge >= 0.3 is 0 Å². The third kappa shape index (κ3) is 4.51. The van der Waals surface area contributed by atoms with Crippen molar-refractivity contribution in [2.45, 2.75) is 38.5 Å². The van der Waals surface area contributed by atoms with Gasteiger partial charge in [0.1, 0.15) is 0 Å². The molecule has 6 nitrogen and oxygen atoms in total. The van der Waals surface area contributed by atoms with Crippen molar-refractivity contribution in [1.82, 2.24) is 4.98 Å². The Labute approximate surface area is 169 Å². The van der Waals surface area contributed by atoms with Crippen LogP contribution in [-0.4, -0.2) is 19.3 Å². The zero-order chi connectivity index (χ0) is 20.5. The maximum atomic E-state index is 12.7. The molecule has 0 unspecified atom stereocenters.